The number of sulfonamides is 1. The van der Waals surface area contributed by atoms with E-state index >= 15 is 0 Å². The Labute approximate surface area is 108 Å². The van der Waals surface area contributed by atoms with E-state index in [1.54, 1.807) is 0 Å². The molecule has 0 saturated carbocycles. The molecule has 0 radical (unpaired) electrons. The normalized spacial score (nSPS) is 11.7. The van der Waals surface area contributed by atoms with Crippen molar-refractivity contribution in [3.63, 3.8) is 0 Å². The van der Waals surface area contributed by atoms with E-state index in [4.69, 9.17) is 0 Å². The first-order valence-corrected chi connectivity index (χ1v) is 7.43. The first-order chi connectivity index (χ1) is 8.49. The molecule has 18 heavy (non-hydrogen) atoms. The molecular formula is C12H19FN2O2S. The van der Waals surface area contributed by atoms with E-state index in [0.29, 0.717) is 6.54 Å². The zero-order valence-electron chi connectivity index (χ0n) is 10.7. The molecule has 0 aliphatic carbocycles. The first kappa shape index (κ1) is 15.1. The lowest BCUT2D eigenvalue weighted by Crippen LogP contribution is -2.32. The zero-order chi connectivity index (χ0) is 13.6. The fourth-order valence-corrected chi connectivity index (χ4v) is 2.82. The van der Waals surface area contributed by atoms with Crippen LogP contribution in [0.3, 0.4) is 0 Å². The van der Waals surface area contributed by atoms with Crippen LogP contribution in [0.5, 0.6) is 0 Å². The van der Waals surface area contributed by atoms with Gasteiger partial charge in [0.15, 0.2) is 0 Å². The largest absolute Gasteiger partial charge is 0.315 e. The Morgan fingerprint density at radius 2 is 1.94 bits per heavy atom. The van der Waals surface area contributed by atoms with Gasteiger partial charge in [-0.15, -0.1) is 0 Å². The lowest BCUT2D eigenvalue weighted by atomic mass is 10.2. The summed E-state index contributed by atoms with van der Waals surface area (Å²) in [6, 6.07) is 4.05. The molecule has 0 aromatic heterocycles. The molecule has 2 N–H and O–H groups in total. The SMILES string of the molecule is CCCNCCNS(=O)(=O)c1cccc(F)c1C. The predicted octanol–water partition coefficient (Wildman–Crippen LogP) is 1.41. The van der Waals surface area contributed by atoms with Gasteiger partial charge in [-0.2, -0.15) is 0 Å². The molecule has 1 rings (SSSR count). The maximum atomic E-state index is 13.3. The summed E-state index contributed by atoms with van der Waals surface area (Å²) in [5.74, 6) is -0.512. The standard InChI is InChI=1S/C12H19FN2O2S/c1-3-7-14-8-9-15-18(16,17)12-6-4-5-11(13)10(12)2/h4-6,14-15H,3,7-9H2,1-2H3. The minimum absolute atomic E-state index is 0.00186. The second-order valence-electron chi connectivity index (χ2n) is 4.01. The number of hydrogen-bond acceptors (Lipinski definition) is 3. The van der Waals surface area contributed by atoms with Crippen molar-refractivity contribution in [2.75, 3.05) is 19.6 Å². The number of rotatable bonds is 7. The molecule has 6 heteroatoms. The zero-order valence-corrected chi connectivity index (χ0v) is 11.5. The van der Waals surface area contributed by atoms with Gasteiger partial charge in [-0.1, -0.05) is 13.0 Å². The third kappa shape index (κ3) is 4.04. The highest BCUT2D eigenvalue weighted by Gasteiger charge is 2.17. The van der Waals surface area contributed by atoms with Crippen molar-refractivity contribution in [3.8, 4) is 0 Å². The highest BCUT2D eigenvalue weighted by atomic mass is 32.2. The van der Waals surface area contributed by atoms with Gasteiger partial charge in [-0.05, 0) is 32.0 Å². The van der Waals surface area contributed by atoms with E-state index in [2.05, 4.69) is 10.0 Å². The van der Waals surface area contributed by atoms with Crippen LogP contribution in [0, 0.1) is 12.7 Å². The third-order valence-electron chi connectivity index (χ3n) is 2.53. The summed E-state index contributed by atoms with van der Waals surface area (Å²) in [5, 5.41) is 3.08. The van der Waals surface area contributed by atoms with Crippen molar-refractivity contribution in [1.29, 1.82) is 0 Å². The topological polar surface area (TPSA) is 58.2 Å². The van der Waals surface area contributed by atoms with Crippen molar-refractivity contribution < 1.29 is 12.8 Å². The van der Waals surface area contributed by atoms with Gasteiger partial charge < -0.3 is 5.32 Å². The van der Waals surface area contributed by atoms with Crippen LogP contribution in [0.25, 0.3) is 0 Å². The van der Waals surface area contributed by atoms with E-state index < -0.39 is 15.8 Å². The Balaban J connectivity index is 2.66. The Bertz CT molecular complexity index is 489. The summed E-state index contributed by atoms with van der Waals surface area (Å²) in [4.78, 5) is -0.00186. The number of halogens is 1. The quantitative estimate of drug-likeness (QED) is 0.739. The molecule has 0 aliphatic rings. The Hall–Kier alpha value is -0.980. The lowest BCUT2D eigenvalue weighted by Gasteiger charge is -2.10. The summed E-state index contributed by atoms with van der Waals surface area (Å²) in [5.41, 5.74) is 0.145. The van der Waals surface area contributed by atoms with E-state index in [1.165, 1.54) is 25.1 Å². The second kappa shape index (κ2) is 6.82. The van der Waals surface area contributed by atoms with Crippen molar-refractivity contribution in [3.05, 3.63) is 29.6 Å². The van der Waals surface area contributed by atoms with Crippen LogP contribution in [0.1, 0.15) is 18.9 Å². The molecule has 1 aromatic rings. The van der Waals surface area contributed by atoms with Crippen molar-refractivity contribution in [2.24, 2.45) is 0 Å². The van der Waals surface area contributed by atoms with Crippen LogP contribution in [0.2, 0.25) is 0 Å². The summed E-state index contributed by atoms with van der Waals surface area (Å²) in [6.45, 7) is 5.19. The summed E-state index contributed by atoms with van der Waals surface area (Å²) >= 11 is 0. The van der Waals surface area contributed by atoms with Crippen LogP contribution in [-0.4, -0.2) is 28.1 Å². The van der Waals surface area contributed by atoms with E-state index in [9.17, 15) is 12.8 Å². The average Bonchev–Trinajstić information content (AvgIpc) is 2.32. The van der Waals surface area contributed by atoms with Crippen molar-refractivity contribution in [1.82, 2.24) is 10.0 Å². The highest BCUT2D eigenvalue weighted by Crippen LogP contribution is 2.17. The minimum Gasteiger partial charge on any atom is -0.315 e. The van der Waals surface area contributed by atoms with Gasteiger partial charge in [-0.3, -0.25) is 0 Å². The van der Waals surface area contributed by atoms with Gasteiger partial charge in [0.05, 0.1) is 4.90 Å². The molecule has 0 amide bonds. The van der Waals surface area contributed by atoms with Crippen LogP contribution >= 0.6 is 0 Å². The molecule has 0 aliphatic heterocycles. The van der Waals surface area contributed by atoms with Crippen LogP contribution in [0.15, 0.2) is 23.1 Å². The molecule has 0 bridgehead atoms. The van der Waals surface area contributed by atoms with Crippen LogP contribution in [-0.2, 0) is 10.0 Å². The highest BCUT2D eigenvalue weighted by molar-refractivity contribution is 7.89. The minimum atomic E-state index is -3.63. The monoisotopic (exact) mass is 274 g/mol. The molecule has 0 spiro atoms. The molecule has 0 fully saturated rings. The molecule has 0 saturated heterocycles. The Morgan fingerprint density at radius 1 is 1.22 bits per heavy atom. The number of hydrogen-bond donors (Lipinski definition) is 2. The maximum absolute atomic E-state index is 13.3. The second-order valence-corrected chi connectivity index (χ2v) is 5.75. The summed E-state index contributed by atoms with van der Waals surface area (Å²) in [6.07, 6.45) is 0.996. The van der Waals surface area contributed by atoms with E-state index in [0.717, 1.165) is 13.0 Å². The van der Waals surface area contributed by atoms with Gasteiger partial charge in [0, 0.05) is 18.7 Å². The molecule has 0 unspecified atom stereocenters. The fourth-order valence-electron chi connectivity index (χ4n) is 1.53. The molecule has 0 atom stereocenters. The number of nitrogens with one attached hydrogen (secondary N) is 2. The maximum Gasteiger partial charge on any atom is 0.240 e. The Morgan fingerprint density at radius 3 is 2.61 bits per heavy atom. The van der Waals surface area contributed by atoms with Gasteiger partial charge in [0.2, 0.25) is 10.0 Å². The van der Waals surface area contributed by atoms with Gasteiger partial charge in [-0.25, -0.2) is 17.5 Å². The van der Waals surface area contributed by atoms with Crippen LogP contribution < -0.4 is 10.0 Å². The van der Waals surface area contributed by atoms with Gasteiger partial charge in [0.1, 0.15) is 5.82 Å². The number of benzene rings is 1. The first-order valence-electron chi connectivity index (χ1n) is 5.94. The van der Waals surface area contributed by atoms with Crippen molar-refractivity contribution in [2.45, 2.75) is 25.2 Å². The molecule has 4 nitrogen and oxygen atoms in total. The van der Waals surface area contributed by atoms with Gasteiger partial charge in [0.25, 0.3) is 0 Å². The van der Waals surface area contributed by atoms with Gasteiger partial charge >= 0.3 is 0 Å². The fraction of sp³-hybridized carbons (Fsp3) is 0.500. The van der Waals surface area contributed by atoms with E-state index in [1.807, 2.05) is 6.92 Å². The molecule has 0 heterocycles. The van der Waals surface area contributed by atoms with Crippen LogP contribution in [0.4, 0.5) is 4.39 Å². The molecular weight excluding hydrogens is 255 g/mol. The molecule has 102 valence electrons. The lowest BCUT2D eigenvalue weighted by molar-refractivity contribution is 0.569. The van der Waals surface area contributed by atoms with E-state index in [-0.39, 0.29) is 17.0 Å². The summed E-state index contributed by atoms with van der Waals surface area (Å²) < 4.78 is 39.6. The Kier molecular flexibility index (Phi) is 5.71. The molecule has 1 aromatic carbocycles. The average molecular weight is 274 g/mol. The third-order valence-corrected chi connectivity index (χ3v) is 4.13. The van der Waals surface area contributed by atoms with Crippen molar-refractivity contribution >= 4 is 10.0 Å². The predicted molar refractivity (Wildman–Crippen MR) is 69.5 cm³/mol. The smallest absolute Gasteiger partial charge is 0.240 e. The summed E-state index contributed by atoms with van der Waals surface area (Å²) in [7, 11) is -3.63.